The van der Waals surface area contributed by atoms with Crippen LogP contribution in [0.25, 0.3) is 0 Å². The zero-order chi connectivity index (χ0) is 18.5. The number of amides is 1. The number of hydrogen-bond acceptors (Lipinski definition) is 5. The van der Waals surface area contributed by atoms with E-state index in [0.29, 0.717) is 30.2 Å². The molecule has 0 radical (unpaired) electrons. The molecule has 1 saturated heterocycles. The van der Waals surface area contributed by atoms with Gasteiger partial charge in [-0.15, -0.1) is 11.3 Å². The number of likely N-dealkylation sites (tertiary alicyclic amines) is 1. The summed E-state index contributed by atoms with van der Waals surface area (Å²) in [7, 11) is 0. The molecule has 0 spiro atoms. The largest absolute Gasteiger partial charge is 0.410 e. The van der Waals surface area contributed by atoms with E-state index in [9.17, 15) is 18.0 Å². The van der Waals surface area contributed by atoms with Crippen LogP contribution < -0.4 is 5.32 Å². The molecule has 10 heteroatoms. The van der Waals surface area contributed by atoms with Crippen molar-refractivity contribution >= 4 is 23.1 Å². The maximum absolute atomic E-state index is 13.4. The number of thiazole rings is 1. The first-order chi connectivity index (χ1) is 12.3. The van der Waals surface area contributed by atoms with E-state index in [4.69, 9.17) is 0 Å². The minimum atomic E-state index is -4.36. The lowest BCUT2D eigenvalue weighted by Crippen LogP contribution is -2.38. The summed E-state index contributed by atoms with van der Waals surface area (Å²) < 4.78 is 41.3. The first-order valence-electron chi connectivity index (χ1n) is 8.46. The van der Waals surface area contributed by atoms with E-state index in [1.807, 2.05) is 0 Å². The van der Waals surface area contributed by atoms with Crippen LogP contribution in [0.4, 0.5) is 19.0 Å². The lowest BCUT2D eigenvalue weighted by Gasteiger charge is -2.31. The van der Waals surface area contributed by atoms with Crippen LogP contribution in [0, 0.1) is 0 Å². The normalized spacial score (nSPS) is 25.8. The Bertz CT molecular complexity index is 803. The van der Waals surface area contributed by atoms with Gasteiger partial charge in [-0.1, -0.05) is 0 Å². The minimum absolute atomic E-state index is 0.0657. The topological polar surface area (TPSA) is 63.1 Å². The van der Waals surface area contributed by atoms with Gasteiger partial charge < -0.3 is 10.2 Å². The number of nitrogens with zero attached hydrogens (tertiary/aromatic N) is 4. The Morgan fingerprint density at radius 3 is 2.92 bits per heavy atom. The number of aromatic nitrogens is 3. The first-order valence-corrected chi connectivity index (χ1v) is 9.40. The van der Waals surface area contributed by atoms with Crippen LogP contribution in [-0.2, 0) is 0 Å². The van der Waals surface area contributed by atoms with Crippen LogP contribution >= 0.6 is 11.3 Å². The highest BCUT2D eigenvalue weighted by Gasteiger charge is 2.46. The summed E-state index contributed by atoms with van der Waals surface area (Å²) in [6, 6.07) is -0.624. The third-order valence-corrected chi connectivity index (χ3v) is 5.49. The molecule has 140 valence electrons. The van der Waals surface area contributed by atoms with Crippen molar-refractivity contribution in [2.75, 3.05) is 11.9 Å². The maximum atomic E-state index is 13.4. The molecule has 3 atom stereocenters. The van der Waals surface area contributed by atoms with Crippen LogP contribution in [-0.4, -0.2) is 44.3 Å². The van der Waals surface area contributed by atoms with E-state index in [1.54, 1.807) is 28.8 Å². The molecule has 2 aliphatic rings. The van der Waals surface area contributed by atoms with E-state index in [0.717, 1.165) is 11.1 Å². The molecule has 6 nitrogen and oxygen atoms in total. The minimum Gasteiger partial charge on any atom is -0.368 e. The van der Waals surface area contributed by atoms with Crippen molar-refractivity contribution in [3.63, 3.8) is 0 Å². The zero-order valence-corrected chi connectivity index (χ0v) is 14.8. The molecule has 0 aromatic carbocycles. The third kappa shape index (κ3) is 2.95. The maximum Gasteiger partial charge on any atom is 0.410 e. The van der Waals surface area contributed by atoms with Crippen LogP contribution in [0.5, 0.6) is 0 Å². The van der Waals surface area contributed by atoms with Gasteiger partial charge in [-0.05, 0) is 26.2 Å². The third-order valence-electron chi connectivity index (χ3n) is 4.91. The van der Waals surface area contributed by atoms with E-state index >= 15 is 0 Å². The Morgan fingerprint density at radius 2 is 2.23 bits per heavy atom. The summed E-state index contributed by atoms with van der Waals surface area (Å²) >= 11 is 1.34. The predicted molar refractivity (Wildman–Crippen MR) is 90.1 cm³/mol. The Hall–Kier alpha value is -2.10. The number of fused-ring (bicyclic) bond motifs is 1. The number of halogens is 3. The highest BCUT2D eigenvalue weighted by Crippen LogP contribution is 2.41. The van der Waals surface area contributed by atoms with Crippen molar-refractivity contribution in [2.45, 2.75) is 50.5 Å². The predicted octanol–water partition coefficient (Wildman–Crippen LogP) is 3.62. The van der Waals surface area contributed by atoms with Crippen molar-refractivity contribution in [1.82, 2.24) is 19.7 Å². The lowest BCUT2D eigenvalue weighted by atomic mass is 10.1. The van der Waals surface area contributed by atoms with E-state index in [1.165, 1.54) is 11.3 Å². The molecule has 4 heterocycles. The van der Waals surface area contributed by atoms with Crippen molar-refractivity contribution in [3.8, 4) is 0 Å². The Morgan fingerprint density at radius 1 is 1.42 bits per heavy atom. The van der Waals surface area contributed by atoms with Gasteiger partial charge >= 0.3 is 6.18 Å². The summed E-state index contributed by atoms with van der Waals surface area (Å²) in [6.45, 7) is 2.28. The van der Waals surface area contributed by atoms with E-state index < -0.39 is 12.2 Å². The molecular formula is C16H18F3N5OS. The van der Waals surface area contributed by atoms with E-state index in [2.05, 4.69) is 15.4 Å². The molecule has 1 unspecified atom stereocenters. The molecule has 0 aliphatic carbocycles. The second kappa shape index (κ2) is 6.26. The zero-order valence-electron chi connectivity index (χ0n) is 14.0. The van der Waals surface area contributed by atoms with Gasteiger partial charge in [-0.25, -0.2) is 9.67 Å². The molecule has 0 saturated carbocycles. The summed E-state index contributed by atoms with van der Waals surface area (Å²) in [6.07, 6.45) is -2.96. The standard InChI is InChI=1S/C16H18F3N5OS/c1-9-5-13(16(17,18)19)24-14(21-9)6-10(22-24)12-3-2-4-23(12)15(25)11-7-26-8-20-11/h6-9,12-13,21H,2-5H2,1H3/t9-,12?,13-/m1/s1. The van der Waals surface area contributed by atoms with Crippen molar-refractivity contribution in [1.29, 1.82) is 0 Å². The van der Waals surface area contributed by atoms with Gasteiger partial charge in [0.1, 0.15) is 11.5 Å². The summed E-state index contributed by atoms with van der Waals surface area (Å²) in [4.78, 5) is 18.4. The summed E-state index contributed by atoms with van der Waals surface area (Å²) in [5, 5.41) is 8.99. The second-order valence-corrected chi connectivity index (χ2v) is 7.49. The van der Waals surface area contributed by atoms with Crippen LogP contribution in [0.1, 0.15) is 54.5 Å². The number of rotatable bonds is 2. The summed E-state index contributed by atoms with van der Waals surface area (Å²) in [5.74, 6) is 0.155. The fourth-order valence-corrected chi connectivity index (χ4v) is 4.25. The van der Waals surface area contributed by atoms with Gasteiger partial charge in [0.2, 0.25) is 0 Å². The molecule has 2 aromatic rings. The average molecular weight is 385 g/mol. The molecule has 4 rings (SSSR count). The van der Waals surface area contributed by atoms with Crippen LogP contribution in [0.3, 0.4) is 0 Å². The Balaban J connectivity index is 1.65. The SMILES string of the molecule is C[C@@H]1C[C@H](C(F)(F)F)n2nc(C3CCCN3C(=O)c3cscn3)cc2N1. The lowest BCUT2D eigenvalue weighted by molar-refractivity contribution is -0.173. The Kier molecular flexibility index (Phi) is 4.17. The number of alkyl halides is 3. The first kappa shape index (κ1) is 17.3. The number of carbonyl (C=O) groups is 1. The van der Waals surface area contributed by atoms with E-state index in [-0.39, 0.29) is 24.4 Å². The van der Waals surface area contributed by atoms with Gasteiger partial charge in [-0.3, -0.25) is 4.79 Å². The highest BCUT2D eigenvalue weighted by molar-refractivity contribution is 7.07. The summed E-state index contributed by atoms with van der Waals surface area (Å²) in [5.41, 5.74) is 2.45. The molecule has 1 amide bonds. The van der Waals surface area contributed by atoms with Crippen molar-refractivity contribution < 1.29 is 18.0 Å². The van der Waals surface area contributed by atoms with Gasteiger partial charge in [-0.2, -0.15) is 18.3 Å². The fraction of sp³-hybridized carbons (Fsp3) is 0.562. The quantitative estimate of drug-likeness (QED) is 0.858. The number of carbonyl (C=O) groups excluding carboxylic acids is 1. The van der Waals surface area contributed by atoms with Gasteiger partial charge in [0.05, 0.1) is 17.2 Å². The molecule has 2 aromatic heterocycles. The average Bonchev–Trinajstić information content (AvgIpc) is 3.31. The van der Waals surface area contributed by atoms with Crippen molar-refractivity contribution in [3.05, 3.63) is 28.3 Å². The molecular weight excluding hydrogens is 367 g/mol. The van der Waals surface area contributed by atoms with Crippen molar-refractivity contribution in [2.24, 2.45) is 0 Å². The number of nitrogens with one attached hydrogen (secondary N) is 1. The molecule has 26 heavy (non-hydrogen) atoms. The molecule has 1 fully saturated rings. The van der Waals surface area contributed by atoms with Gasteiger partial charge in [0.25, 0.3) is 5.91 Å². The van der Waals surface area contributed by atoms with Crippen LogP contribution in [0.15, 0.2) is 17.0 Å². The van der Waals surface area contributed by atoms with Gasteiger partial charge in [0.15, 0.2) is 6.04 Å². The fourth-order valence-electron chi connectivity index (χ4n) is 3.72. The number of hydrogen-bond donors (Lipinski definition) is 1. The monoisotopic (exact) mass is 385 g/mol. The number of anilines is 1. The van der Waals surface area contributed by atoms with Crippen LogP contribution in [0.2, 0.25) is 0 Å². The van der Waals surface area contributed by atoms with Gasteiger partial charge in [0, 0.05) is 24.0 Å². The molecule has 1 N–H and O–H groups in total. The Labute approximate surface area is 152 Å². The smallest absolute Gasteiger partial charge is 0.368 e. The highest BCUT2D eigenvalue weighted by atomic mass is 32.1. The molecule has 0 bridgehead atoms. The second-order valence-electron chi connectivity index (χ2n) is 6.77. The molecule has 2 aliphatic heterocycles.